The van der Waals surface area contributed by atoms with E-state index in [-0.39, 0.29) is 17.7 Å². The van der Waals surface area contributed by atoms with Crippen molar-refractivity contribution in [3.05, 3.63) is 72.3 Å². The lowest BCUT2D eigenvalue weighted by Crippen LogP contribution is -2.38. The Balaban J connectivity index is 1.40. The van der Waals surface area contributed by atoms with E-state index in [1.807, 2.05) is 0 Å². The highest BCUT2D eigenvalue weighted by molar-refractivity contribution is 6.06. The Morgan fingerprint density at radius 2 is 1.56 bits per heavy atom. The van der Waals surface area contributed by atoms with Crippen LogP contribution in [-0.4, -0.2) is 69.0 Å². The first-order chi connectivity index (χ1) is 24.1. The van der Waals surface area contributed by atoms with Crippen LogP contribution in [0.3, 0.4) is 0 Å². The molecule has 0 unspecified atom stereocenters. The van der Waals surface area contributed by atoms with E-state index in [1.54, 1.807) is 66.7 Å². The number of methoxy groups -OCH3 is 1. The molecule has 1 heterocycles. The molecule has 0 radical (unpaired) electrons. The quantitative estimate of drug-likeness (QED) is 0.137. The summed E-state index contributed by atoms with van der Waals surface area (Å²) in [6, 6.07) is 17.4. The smallest absolute Gasteiger partial charge is 0.390 e. The van der Waals surface area contributed by atoms with E-state index in [9.17, 15) is 22.8 Å². The van der Waals surface area contributed by atoms with Gasteiger partial charge in [0.05, 0.1) is 13.5 Å². The minimum Gasteiger partial charge on any atom is -0.493 e. The maximum atomic E-state index is 13.6. The third-order valence-electron chi connectivity index (χ3n) is 8.49. The number of alkyl halides is 3. The van der Waals surface area contributed by atoms with Crippen molar-refractivity contribution in [3.8, 4) is 23.0 Å². The maximum absolute atomic E-state index is 13.6. The molecule has 4 rings (SSSR count). The van der Waals surface area contributed by atoms with Gasteiger partial charge in [0, 0.05) is 49.2 Å². The average Bonchev–Trinajstić information content (AvgIpc) is 3.11. The van der Waals surface area contributed by atoms with Gasteiger partial charge in [0.2, 0.25) is 0 Å². The maximum Gasteiger partial charge on any atom is 0.390 e. The molecule has 1 fully saturated rings. The first-order valence-electron chi connectivity index (χ1n) is 17.5. The Morgan fingerprint density at radius 3 is 2.20 bits per heavy atom. The van der Waals surface area contributed by atoms with Crippen molar-refractivity contribution in [3.63, 3.8) is 0 Å². The molecule has 12 heteroatoms. The first kappa shape index (κ1) is 38.4. The number of urea groups is 1. The Bertz CT molecular complexity index is 1490. The van der Waals surface area contributed by atoms with E-state index in [1.165, 1.54) is 20.0 Å². The third-order valence-corrected chi connectivity index (χ3v) is 8.49. The van der Waals surface area contributed by atoms with Crippen molar-refractivity contribution in [1.29, 1.82) is 0 Å². The molecule has 1 aliphatic rings. The summed E-state index contributed by atoms with van der Waals surface area (Å²) in [6.45, 7) is 7.37. The lowest BCUT2D eigenvalue weighted by atomic mass is 10.1. The number of hydrogen-bond acceptors (Lipinski definition) is 6. The van der Waals surface area contributed by atoms with Crippen molar-refractivity contribution in [2.24, 2.45) is 0 Å². The van der Waals surface area contributed by atoms with E-state index >= 15 is 0 Å². The molecule has 50 heavy (non-hydrogen) atoms. The van der Waals surface area contributed by atoms with Crippen LogP contribution in [0.25, 0.3) is 0 Å². The molecule has 0 aliphatic carbocycles. The molecule has 0 aromatic heterocycles. The number of carbonyl (C=O) groups excluding carboxylic acids is 2. The second kappa shape index (κ2) is 19.1. The number of nitrogens with zero attached hydrogens (tertiary/aromatic N) is 2. The van der Waals surface area contributed by atoms with Gasteiger partial charge in [-0.2, -0.15) is 13.2 Å². The van der Waals surface area contributed by atoms with Crippen LogP contribution in [0.15, 0.2) is 66.7 Å². The molecule has 0 spiro atoms. The van der Waals surface area contributed by atoms with E-state index in [2.05, 4.69) is 29.4 Å². The van der Waals surface area contributed by atoms with Crippen molar-refractivity contribution >= 4 is 23.3 Å². The average molecular weight is 699 g/mol. The van der Waals surface area contributed by atoms with Gasteiger partial charge in [0.15, 0.2) is 11.5 Å². The first-order valence-corrected chi connectivity index (χ1v) is 17.5. The molecule has 3 aromatic rings. The van der Waals surface area contributed by atoms with Crippen LogP contribution < -0.4 is 29.7 Å². The second-order valence-electron chi connectivity index (χ2n) is 12.4. The number of halogens is 3. The number of likely N-dealkylation sites (tertiary alicyclic amines) is 1. The number of anilines is 2. The Morgan fingerprint density at radius 1 is 0.880 bits per heavy atom. The molecular weight excluding hydrogens is 649 g/mol. The molecule has 272 valence electrons. The van der Waals surface area contributed by atoms with Crippen molar-refractivity contribution in [1.82, 2.24) is 10.2 Å². The predicted octanol–water partition coefficient (Wildman–Crippen LogP) is 9.04. The van der Waals surface area contributed by atoms with Crippen LogP contribution >= 0.6 is 0 Å². The summed E-state index contributed by atoms with van der Waals surface area (Å²) in [7, 11) is 1.47. The number of amides is 3. The highest BCUT2D eigenvalue weighted by Gasteiger charge is 2.30. The zero-order valence-corrected chi connectivity index (χ0v) is 29.2. The molecule has 3 aromatic carbocycles. The van der Waals surface area contributed by atoms with Gasteiger partial charge in [-0.25, -0.2) is 4.79 Å². The van der Waals surface area contributed by atoms with Gasteiger partial charge in [0.25, 0.3) is 5.91 Å². The monoisotopic (exact) mass is 698 g/mol. The summed E-state index contributed by atoms with van der Waals surface area (Å²) in [5.41, 5.74) is 1.06. The third kappa shape index (κ3) is 12.2. The summed E-state index contributed by atoms with van der Waals surface area (Å²) in [5, 5.41) is 5.58. The van der Waals surface area contributed by atoms with Crippen LogP contribution in [0.2, 0.25) is 0 Å². The zero-order chi connectivity index (χ0) is 35.9. The zero-order valence-electron chi connectivity index (χ0n) is 29.2. The van der Waals surface area contributed by atoms with Crippen LogP contribution in [0.1, 0.15) is 75.6 Å². The topological polar surface area (TPSA) is 92.4 Å². The number of carbonyl (C=O) groups is 2. The fourth-order valence-corrected chi connectivity index (χ4v) is 5.65. The van der Waals surface area contributed by atoms with E-state index in [0.717, 1.165) is 56.6 Å². The van der Waals surface area contributed by atoms with Gasteiger partial charge in [-0.05, 0) is 92.9 Å². The van der Waals surface area contributed by atoms with Gasteiger partial charge in [-0.15, -0.1) is 0 Å². The number of nitrogens with one attached hydrogen (secondary N) is 2. The summed E-state index contributed by atoms with van der Waals surface area (Å²) < 4.78 is 57.5. The van der Waals surface area contributed by atoms with Gasteiger partial charge >= 0.3 is 12.2 Å². The molecule has 2 N–H and O–H groups in total. The summed E-state index contributed by atoms with van der Waals surface area (Å²) in [4.78, 5) is 29.3. The Labute approximate surface area is 293 Å². The number of ether oxygens (including phenoxy) is 3. The number of benzene rings is 3. The van der Waals surface area contributed by atoms with Crippen LogP contribution in [0.4, 0.5) is 29.3 Å². The second-order valence-corrected chi connectivity index (χ2v) is 12.4. The minimum absolute atomic E-state index is 0.0830. The van der Waals surface area contributed by atoms with Crippen LogP contribution in [-0.2, 0) is 0 Å². The largest absolute Gasteiger partial charge is 0.493 e. The van der Waals surface area contributed by atoms with Gasteiger partial charge in [-0.1, -0.05) is 33.1 Å². The van der Waals surface area contributed by atoms with Gasteiger partial charge in [0.1, 0.15) is 17.6 Å². The molecule has 3 amide bonds. The van der Waals surface area contributed by atoms with Crippen molar-refractivity contribution < 1.29 is 37.0 Å². The minimum atomic E-state index is -4.45. The van der Waals surface area contributed by atoms with Crippen molar-refractivity contribution in [2.75, 3.05) is 50.1 Å². The lowest BCUT2D eigenvalue weighted by Gasteiger charge is -2.32. The van der Waals surface area contributed by atoms with E-state index in [0.29, 0.717) is 40.9 Å². The van der Waals surface area contributed by atoms with Crippen molar-refractivity contribution in [2.45, 2.75) is 77.5 Å². The number of piperidine rings is 1. The summed E-state index contributed by atoms with van der Waals surface area (Å²) >= 11 is 0. The molecule has 0 bridgehead atoms. The predicted molar refractivity (Wildman–Crippen MR) is 190 cm³/mol. The van der Waals surface area contributed by atoms with E-state index < -0.39 is 25.0 Å². The number of unbranched alkanes of at least 4 members (excludes halogenated alkanes) is 3. The number of rotatable bonds is 17. The molecule has 9 nitrogen and oxygen atoms in total. The van der Waals surface area contributed by atoms with E-state index in [4.69, 9.17) is 14.2 Å². The fraction of sp³-hybridized carbons (Fsp3) is 0.474. The lowest BCUT2D eigenvalue weighted by molar-refractivity contribution is -0.132. The van der Waals surface area contributed by atoms with Gasteiger partial charge in [-0.3, -0.25) is 4.79 Å². The van der Waals surface area contributed by atoms with Crippen LogP contribution in [0, 0.1) is 0 Å². The number of hydrogen-bond donors (Lipinski definition) is 2. The molecule has 0 atom stereocenters. The Hall–Kier alpha value is -4.45. The molecule has 1 saturated heterocycles. The fourth-order valence-electron chi connectivity index (χ4n) is 5.65. The highest BCUT2D eigenvalue weighted by Crippen LogP contribution is 2.35. The SMILES string of the molecule is CCCCCNC(=O)Nc1ccc(Oc2ccc(N(CCC(F)(F)F)C(=O)c3ccc(OC4CCN(CCCC)CC4)cc3)cc2)c(OC)c1. The summed E-state index contributed by atoms with van der Waals surface area (Å²) in [6.07, 6.45) is 1.65. The molecular formula is C38H49F3N4O5. The normalized spacial score (nSPS) is 13.8. The van der Waals surface area contributed by atoms with Gasteiger partial charge < -0.3 is 34.6 Å². The molecule has 1 aliphatic heterocycles. The Kier molecular flexibility index (Phi) is 14.6. The highest BCUT2D eigenvalue weighted by atomic mass is 19.4. The standard InChI is InChI=1S/C38H49F3N4O5/c1-4-6-8-22-42-37(47)43-29-11-18-34(35(27-29)48-3)50-32-16-12-30(13-17-32)45(26-21-38(39,40)41)36(46)28-9-14-31(15-10-28)49-33-19-24-44(25-20-33)23-7-5-2/h9-18,27,33H,4-8,19-26H2,1-3H3,(H2,42,43,47). The summed E-state index contributed by atoms with van der Waals surface area (Å²) in [5.74, 6) is 1.18. The molecule has 0 saturated carbocycles. The van der Waals surface area contributed by atoms with Crippen LogP contribution in [0.5, 0.6) is 23.0 Å².